The molecule has 2 rings (SSSR count). The van der Waals surface area contributed by atoms with E-state index in [1.165, 1.54) is 38.5 Å². The first-order valence-electron chi connectivity index (χ1n) is 7.92. The monoisotopic (exact) mass is 269 g/mol. The summed E-state index contributed by atoms with van der Waals surface area (Å²) in [6.07, 6.45) is 8.65. The lowest BCUT2D eigenvalue weighted by atomic mass is 9.80. The smallest absolute Gasteiger partial charge is 0.0229 e. The lowest BCUT2D eigenvalue weighted by Gasteiger charge is -2.41. The Kier molecular flexibility index (Phi) is 5.44. The minimum atomic E-state index is 0.742. The summed E-state index contributed by atoms with van der Waals surface area (Å²) in [5.41, 5.74) is 0. The average molecular weight is 269 g/mol. The van der Waals surface area contributed by atoms with Gasteiger partial charge in [-0.15, -0.1) is 0 Å². The zero-order valence-electron chi connectivity index (χ0n) is 12.6. The van der Waals surface area contributed by atoms with E-state index >= 15 is 0 Å². The molecule has 0 bridgehead atoms. The highest BCUT2D eigenvalue weighted by atomic mass is 32.2. The van der Waals surface area contributed by atoms with Crippen LogP contribution in [0.4, 0.5) is 0 Å². The SMILES string of the molecule is CNC1CC(C)CC(C)C1SC1CCCC(C)C1. The number of hydrogen-bond donors (Lipinski definition) is 1. The summed E-state index contributed by atoms with van der Waals surface area (Å²) in [6.45, 7) is 7.34. The maximum Gasteiger partial charge on any atom is 0.0229 e. The van der Waals surface area contributed by atoms with Crippen LogP contribution in [0.3, 0.4) is 0 Å². The van der Waals surface area contributed by atoms with Crippen LogP contribution in [0.25, 0.3) is 0 Å². The van der Waals surface area contributed by atoms with Crippen molar-refractivity contribution in [3.05, 3.63) is 0 Å². The second kappa shape index (κ2) is 6.65. The van der Waals surface area contributed by atoms with Crippen molar-refractivity contribution in [3.8, 4) is 0 Å². The van der Waals surface area contributed by atoms with Gasteiger partial charge in [0.2, 0.25) is 0 Å². The molecule has 2 heteroatoms. The molecule has 0 aliphatic heterocycles. The molecule has 0 amide bonds. The van der Waals surface area contributed by atoms with E-state index in [4.69, 9.17) is 0 Å². The van der Waals surface area contributed by atoms with Crippen LogP contribution >= 0.6 is 11.8 Å². The Balaban J connectivity index is 1.92. The normalized spacial score (nSPS) is 46.0. The predicted molar refractivity (Wildman–Crippen MR) is 83.2 cm³/mol. The van der Waals surface area contributed by atoms with Gasteiger partial charge < -0.3 is 5.32 Å². The second-order valence-corrected chi connectivity index (χ2v) is 8.43. The lowest BCUT2D eigenvalue weighted by molar-refractivity contribution is 0.255. The van der Waals surface area contributed by atoms with Gasteiger partial charge in [-0.1, -0.05) is 33.6 Å². The van der Waals surface area contributed by atoms with E-state index in [0.717, 1.165) is 34.3 Å². The van der Waals surface area contributed by atoms with Crippen LogP contribution in [-0.2, 0) is 0 Å². The molecular formula is C16H31NS. The van der Waals surface area contributed by atoms with Gasteiger partial charge in [-0.25, -0.2) is 0 Å². The van der Waals surface area contributed by atoms with Gasteiger partial charge in [0.25, 0.3) is 0 Å². The zero-order chi connectivity index (χ0) is 13.1. The first-order chi connectivity index (χ1) is 8.60. The minimum absolute atomic E-state index is 0.742. The molecule has 18 heavy (non-hydrogen) atoms. The van der Waals surface area contributed by atoms with Crippen molar-refractivity contribution in [2.75, 3.05) is 7.05 Å². The number of thioether (sulfide) groups is 1. The number of rotatable bonds is 3. The van der Waals surface area contributed by atoms with Crippen LogP contribution < -0.4 is 5.32 Å². The summed E-state index contributed by atoms with van der Waals surface area (Å²) in [5, 5.41) is 5.38. The maximum absolute atomic E-state index is 3.59. The van der Waals surface area contributed by atoms with Crippen LogP contribution in [0.5, 0.6) is 0 Å². The van der Waals surface area contributed by atoms with E-state index in [1.54, 1.807) is 0 Å². The Morgan fingerprint density at radius 2 is 1.72 bits per heavy atom. The van der Waals surface area contributed by atoms with Crippen molar-refractivity contribution in [3.63, 3.8) is 0 Å². The molecule has 0 saturated heterocycles. The van der Waals surface area contributed by atoms with E-state index in [-0.39, 0.29) is 0 Å². The summed E-state index contributed by atoms with van der Waals surface area (Å²) >= 11 is 2.33. The van der Waals surface area contributed by atoms with Crippen molar-refractivity contribution < 1.29 is 0 Å². The Labute approximate surface area is 118 Å². The minimum Gasteiger partial charge on any atom is -0.316 e. The first-order valence-corrected chi connectivity index (χ1v) is 8.87. The second-order valence-electron chi connectivity index (χ2n) is 6.94. The molecule has 0 aromatic heterocycles. The summed E-state index contributed by atoms with van der Waals surface area (Å²) in [7, 11) is 2.16. The summed E-state index contributed by atoms with van der Waals surface area (Å²) in [6, 6.07) is 0.742. The molecule has 6 unspecified atom stereocenters. The Bertz CT molecular complexity index is 255. The fourth-order valence-corrected chi connectivity index (χ4v) is 6.07. The highest BCUT2D eigenvalue weighted by Crippen LogP contribution is 2.42. The third kappa shape index (κ3) is 3.66. The van der Waals surface area contributed by atoms with Gasteiger partial charge in [0.15, 0.2) is 0 Å². The molecule has 0 radical (unpaired) electrons. The van der Waals surface area contributed by atoms with Crippen molar-refractivity contribution in [2.45, 2.75) is 75.8 Å². The molecule has 0 heterocycles. The zero-order valence-corrected chi connectivity index (χ0v) is 13.4. The van der Waals surface area contributed by atoms with Gasteiger partial charge >= 0.3 is 0 Å². The predicted octanol–water partition coefficient (Wildman–Crippen LogP) is 4.32. The largest absolute Gasteiger partial charge is 0.316 e. The Morgan fingerprint density at radius 1 is 0.944 bits per heavy atom. The highest BCUT2D eigenvalue weighted by Gasteiger charge is 2.35. The molecule has 0 spiro atoms. The van der Waals surface area contributed by atoms with Gasteiger partial charge in [-0.05, 0) is 50.5 Å². The van der Waals surface area contributed by atoms with Crippen molar-refractivity contribution in [2.24, 2.45) is 17.8 Å². The van der Waals surface area contributed by atoms with Gasteiger partial charge in [0, 0.05) is 16.5 Å². The van der Waals surface area contributed by atoms with E-state index < -0.39 is 0 Å². The van der Waals surface area contributed by atoms with Gasteiger partial charge in [0.1, 0.15) is 0 Å². The van der Waals surface area contributed by atoms with Crippen LogP contribution in [0.1, 0.15) is 59.3 Å². The van der Waals surface area contributed by atoms with Crippen LogP contribution in [0.15, 0.2) is 0 Å². The molecule has 2 saturated carbocycles. The topological polar surface area (TPSA) is 12.0 Å². The lowest BCUT2D eigenvalue weighted by Crippen LogP contribution is -2.45. The quantitative estimate of drug-likeness (QED) is 0.819. The summed E-state index contributed by atoms with van der Waals surface area (Å²) < 4.78 is 0. The van der Waals surface area contributed by atoms with Crippen LogP contribution in [0, 0.1) is 17.8 Å². The molecular weight excluding hydrogens is 238 g/mol. The maximum atomic E-state index is 3.59. The fourth-order valence-electron chi connectivity index (χ4n) is 4.06. The highest BCUT2D eigenvalue weighted by molar-refractivity contribution is 8.00. The summed E-state index contributed by atoms with van der Waals surface area (Å²) in [5.74, 6) is 2.75. The molecule has 6 atom stereocenters. The van der Waals surface area contributed by atoms with E-state index in [9.17, 15) is 0 Å². The van der Waals surface area contributed by atoms with Crippen LogP contribution in [-0.4, -0.2) is 23.6 Å². The van der Waals surface area contributed by atoms with Gasteiger partial charge in [-0.3, -0.25) is 0 Å². The average Bonchev–Trinajstić information content (AvgIpc) is 2.32. The van der Waals surface area contributed by atoms with E-state index in [0.29, 0.717) is 0 Å². The molecule has 0 aromatic carbocycles. The van der Waals surface area contributed by atoms with Crippen molar-refractivity contribution in [1.82, 2.24) is 5.32 Å². The molecule has 2 aliphatic carbocycles. The Morgan fingerprint density at radius 3 is 2.39 bits per heavy atom. The molecule has 1 nitrogen and oxygen atoms in total. The Hall–Kier alpha value is 0.310. The number of nitrogens with one attached hydrogen (secondary N) is 1. The van der Waals surface area contributed by atoms with Gasteiger partial charge in [-0.2, -0.15) is 11.8 Å². The van der Waals surface area contributed by atoms with Crippen molar-refractivity contribution in [1.29, 1.82) is 0 Å². The number of hydrogen-bond acceptors (Lipinski definition) is 2. The van der Waals surface area contributed by atoms with Gasteiger partial charge in [0.05, 0.1) is 0 Å². The third-order valence-electron chi connectivity index (χ3n) is 5.00. The molecule has 1 N–H and O–H groups in total. The third-order valence-corrected chi connectivity index (χ3v) is 6.92. The molecule has 106 valence electrons. The van der Waals surface area contributed by atoms with E-state index in [1.807, 2.05) is 0 Å². The summed E-state index contributed by atoms with van der Waals surface area (Å²) in [4.78, 5) is 0. The molecule has 2 aliphatic rings. The van der Waals surface area contributed by atoms with E-state index in [2.05, 4.69) is 44.9 Å². The molecule has 2 fully saturated rings. The fraction of sp³-hybridized carbons (Fsp3) is 1.00. The molecule has 0 aromatic rings. The van der Waals surface area contributed by atoms with Crippen LogP contribution in [0.2, 0.25) is 0 Å². The first kappa shape index (κ1) is 14.7. The van der Waals surface area contributed by atoms with Crippen molar-refractivity contribution >= 4 is 11.8 Å². The standard InChI is InChI=1S/C16H31NS/c1-11-6-5-7-14(9-11)18-16-13(3)8-12(2)10-15(16)17-4/h11-17H,5-10H2,1-4H3.